The van der Waals surface area contributed by atoms with E-state index in [1.165, 1.54) is 36.9 Å². The number of carboxylic acid groups (broad SMARTS) is 1. The number of non-ortho nitro benzene ring substituents is 1. The summed E-state index contributed by atoms with van der Waals surface area (Å²) in [5, 5.41) is 21.1. The van der Waals surface area contributed by atoms with Crippen molar-refractivity contribution in [3.8, 4) is 0 Å². The molecule has 0 aliphatic carbocycles. The third-order valence-corrected chi connectivity index (χ3v) is 5.80. The molecule has 0 saturated heterocycles. The van der Waals surface area contributed by atoms with Crippen LogP contribution in [0.3, 0.4) is 0 Å². The molecule has 0 aromatic heterocycles. The van der Waals surface area contributed by atoms with E-state index in [1.807, 2.05) is 30.3 Å². The van der Waals surface area contributed by atoms with E-state index < -0.39 is 28.9 Å². The van der Waals surface area contributed by atoms with Gasteiger partial charge in [-0.25, -0.2) is 9.79 Å². The quantitative estimate of drug-likeness (QED) is 0.443. The van der Waals surface area contributed by atoms with Gasteiger partial charge in [0, 0.05) is 44.4 Å². The number of carboxylic acids is 1. The van der Waals surface area contributed by atoms with Crippen LogP contribution in [0.2, 0.25) is 0 Å². The number of amides is 3. The van der Waals surface area contributed by atoms with E-state index in [0.717, 1.165) is 5.56 Å². The number of aliphatic carboxylic acids is 1. The normalized spacial score (nSPS) is 17.8. The number of carbonyl (C=O) groups excluding carboxylic acids is 2. The van der Waals surface area contributed by atoms with Crippen LogP contribution in [0.1, 0.15) is 37.4 Å². The topological polar surface area (TPSA) is 133 Å². The van der Waals surface area contributed by atoms with E-state index in [4.69, 9.17) is 0 Å². The van der Waals surface area contributed by atoms with E-state index in [-0.39, 0.29) is 23.9 Å². The predicted molar refractivity (Wildman–Crippen MR) is 124 cm³/mol. The minimum Gasteiger partial charge on any atom is -0.481 e. The Labute approximate surface area is 196 Å². The molecule has 1 aliphatic rings. The third kappa shape index (κ3) is 5.64. The van der Waals surface area contributed by atoms with Crippen molar-refractivity contribution in [2.24, 2.45) is 10.9 Å². The molecule has 2 aromatic carbocycles. The summed E-state index contributed by atoms with van der Waals surface area (Å²) in [7, 11) is 0. The van der Waals surface area contributed by atoms with Crippen LogP contribution in [0.5, 0.6) is 0 Å². The van der Waals surface area contributed by atoms with Crippen molar-refractivity contribution in [3.63, 3.8) is 0 Å². The van der Waals surface area contributed by atoms with Gasteiger partial charge < -0.3 is 14.9 Å². The molecule has 0 bridgehead atoms. The van der Waals surface area contributed by atoms with E-state index >= 15 is 0 Å². The van der Waals surface area contributed by atoms with E-state index in [0.29, 0.717) is 25.1 Å². The Hall–Kier alpha value is -4.08. The second-order valence-corrected chi connectivity index (χ2v) is 8.12. The summed E-state index contributed by atoms with van der Waals surface area (Å²) in [5.74, 6) is -2.45. The molecule has 3 rings (SSSR count). The smallest absolute Gasteiger partial charge is 0.344 e. The molecule has 3 amide bonds. The van der Waals surface area contributed by atoms with E-state index in [1.54, 1.807) is 11.0 Å². The Balaban J connectivity index is 1.84. The lowest BCUT2D eigenvalue weighted by molar-refractivity contribution is -0.385. The molecule has 1 aliphatic heterocycles. The number of hydrogen-bond acceptors (Lipinski definition) is 5. The highest BCUT2D eigenvalue weighted by atomic mass is 16.6. The summed E-state index contributed by atoms with van der Waals surface area (Å²) >= 11 is 0. The monoisotopic (exact) mass is 466 g/mol. The van der Waals surface area contributed by atoms with Gasteiger partial charge in [-0.15, -0.1) is 0 Å². The molecule has 0 saturated carbocycles. The SMILES string of the molecule is CC(=O)N(CCCN1C(=O)N=C(C)C(C(=O)O)C1c1cccc([N+](=O)[O-])c1)Cc1ccccc1. The highest BCUT2D eigenvalue weighted by Crippen LogP contribution is 2.35. The van der Waals surface area contributed by atoms with Crippen molar-refractivity contribution in [3.05, 3.63) is 75.8 Å². The number of urea groups is 1. The minimum atomic E-state index is -1.18. The molecule has 10 nitrogen and oxygen atoms in total. The molecule has 0 radical (unpaired) electrons. The largest absolute Gasteiger partial charge is 0.481 e. The molecule has 2 aromatic rings. The van der Waals surface area contributed by atoms with Crippen molar-refractivity contribution in [2.75, 3.05) is 13.1 Å². The summed E-state index contributed by atoms with van der Waals surface area (Å²) < 4.78 is 0. The Kier molecular flexibility index (Phi) is 7.72. The van der Waals surface area contributed by atoms with Gasteiger partial charge in [0.1, 0.15) is 5.92 Å². The zero-order chi connectivity index (χ0) is 24.8. The maximum absolute atomic E-state index is 12.8. The first kappa shape index (κ1) is 24.6. The average Bonchev–Trinajstić information content (AvgIpc) is 2.79. The summed E-state index contributed by atoms with van der Waals surface area (Å²) in [5.41, 5.74) is 1.25. The Bertz CT molecular complexity index is 1120. The second-order valence-electron chi connectivity index (χ2n) is 8.12. The predicted octanol–water partition coefficient (Wildman–Crippen LogP) is 3.67. The van der Waals surface area contributed by atoms with Gasteiger partial charge in [-0.3, -0.25) is 19.7 Å². The van der Waals surface area contributed by atoms with Gasteiger partial charge in [-0.05, 0) is 24.5 Å². The lowest BCUT2D eigenvalue weighted by Gasteiger charge is -2.38. The Morgan fingerprint density at radius 2 is 1.88 bits per heavy atom. The van der Waals surface area contributed by atoms with E-state index in [2.05, 4.69) is 4.99 Å². The fraction of sp³-hybridized carbons (Fsp3) is 0.333. The fourth-order valence-electron chi connectivity index (χ4n) is 4.14. The number of aliphatic imine (C=N–C) groups is 1. The molecule has 178 valence electrons. The summed E-state index contributed by atoms with van der Waals surface area (Å²) in [6.45, 7) is 3.82. The van der Waals surface area contributed by atoms with Crippen molar-refractivity contribution in [1.82, 2.24) is 9.80 Å². The lowest BCUT2D eigenvalue weighted by atomic mass is 9.86. The molecule has 0 spiro atoms. The van der Waals surface area contributed by atoms with Crippen molar-refractivity contribution >= 4 is 29.3 Å². The lowest BCUT2D eigenvalue weighted by Crippen LogP contribution is -2.47. The fourth-order valence-corrected chi connectivity index (χ4v) is 4.14. The number of nitro benzene ring substituents is 1. The van der Waals surface area contributed by atoms with Gasteiger partial charge in [0.25, 0.3) is 5.69 Å². The van der Waals surface area contributed by atoms with Crippen molar-refractivity contribution < 1.29 is 24.4 Å². The maximum Gasteiger partial charge on any atom is 0.344 e. The van der Waals surface area contributed by atoms with Crippen LogP contribution in [0.15, 0.2) is 59.6 Å². The number of benzene rings is 2. The van der Waals surface area contributed by atoms with Crippen molar-refractivity contribution in [1.29, 1.82) is 0 Å². The first-order valence-corrected chi connectivity index (χ1v) is 10.8. The Morgan fingerprint density at radius 1 is 1.18 bits per heavy atom. The highest BCUT2D eigenvalue weighted by Gasteiger charge is 2.42. The molecular weight excluding hydrogens is 440 g/mol. The first-order chi connectivity index (χ1) is 16.2. The summed E-state index contributed by atoms with van der Waals surface area (Å²) in [4.78, 5) is 54.6. The average molecular weight is 466 g/mol. The summed E-state index contributed by atoms with van der Waals surface area (Å²) in [6, 6.07) is 13.6. The molecule has 1 N–H and O–H groups in total. The zero-order valence-corrected chi connectivity index (χ0v) is 19.0. The van der Waals surface area contributed by atoms with Crippen LogP contribution in [0.25, 0.3) is 0 Å². The van der Waals surface area contributed by atoms with Crippen LogP contribution in [0, 0.1) is 16.0 Å². The maximum atomic E-state index is 12.8. The highest BCUT2D eigenvalue weighted by molar-refractivity contribution is 6.07. The zero-order valence-electron chi connectivity index (χ0n) is 19.0. The minimum absolute atomic E-state index is 0.124. The van der Waals surface area contributed by atoms with Crippen LogP contribution in [0.4, 0.5) is 10.5 Å². The van der Waals surface area contributed by atoms with Gasteiger partial charge in [-0.1, -0.05) is 42.5 Å². The van der Waals surface area contributed by atoms with Gasteiger partial charge in [0.2, 0.25) is 5.91 Å². The van der Waals surface area contributed by atoms with Gasteiger partial charge >= 0.3 is 12.0 Å². The van der Waals surface area contributed by atoms with Crippen molar-refractivity contribution in [2.45, 2.75) is 32.9 Å². The third-order valence-electron chi connectivity index (χ3n) is 5.80. The number of hydrogen-bond donors (Lipinski definition) is 1. The Morgan fingerprint density at radius 3 is 2.50 bits per heavy atom. The molecular formula is C24H26N4O6. The van der Waals surface area contributed by atoms with Crippen LogP contribution >= 0.6 is 0 Å². The van der Waals surface area contributed by atoms with Crippen LogP contribution in [-0.2, 0) is 16.1 Å². The molecule has 1 heterocycles. The van der Waals surface area contributed by atoms with Crippen LogP contribution in [-0.4, -0.2) is 56.5 Å². The first-order valence-electron chi connectivity index (χ1n) is 10.8. The number of carbonyl (C=O) groups is 3. The number of rotatable bonds is 9. The second kappa shape index (κ2) is 10.7. The van der Waals surface area contributed by atoms with E-state index in [9.17, 15) is 29.6 Å². The number of nitrogens with zero attached hydrogens (tertiary/aromatic N) is 4. The molecule has 34 heavy (non-hydrogen) atoms. The standard InChI is InChI=1S/C24H26N4O6/c1-16-21(23(30)31)22(19-10-6-11-20(14-19)28(33)34)27(24(32)25-16)13-7-12-26(17(2)29)15-18-8-4-3-5-9-18/h3-6,8-11,14,21-22H,7,12-13,15H2,1-2H3,(H,30,31). The molecule has 2 unspecified atom stereocenters. The molecule has 0 fully saturated rings. The van der Waals surface area contributed by atoms with Gasteiger partial charge in [0.15, 0.2) is 0 Å². The van der Waals surface area contributed by atoms with Crippen LogP contribution < -0.4 is 0 Å². The van der Waals surface area contributed by atoms with Gasteiger partial charge in [0.05, 0.1) is 11.0 Å². The summed E-state index contributed by atoms with van der Waals surface area (Å²) in [6.07, 6.45) is 0.379. The molecule has 2 atom stereocenters. The van der Waals surface area contributed by atoms with Gasteiger partial charge in [-0.2, -0.15) is 0 Å². The number of nitro groups is 1. The molecule has 10 heteroatoms.